The second kappa shape index (κ2) is 4.41. The van der Waals surface area contributed by atoms with Crippen LogP contribution in [-0.4, -0.2) is 6.54 Å². The number of nitrogens with one attached hydrogen (secondary N) is 1. The second-order valence-electron chi connectivity index (χ2n) is 3.68. The molecule has 1 fully saturated rings. The first-order valence-electron chi connectivity index (χ1n) is 4.96. The monoisotopic (exact) mass is 257 g/mol. The zero-order valence-corrected chi connectivity index (χ0v) is 9.48. The average Bonchev–Trinajstić information content (AvgIpc) is 2.23. The first-order chi connectivity index (χ1) is 6.77. The summed E-state index contributed by atoms with van der Waals surface area (Å²) >= 11 is 3.21. The van der Waals surface area contributed by atoms with Crippen LogP contribution in [0.4, 0.5) is 4.39 Å². The summed E-state index contributed by atoms with van der Waals surface area (Å²) in [5.41, 5.74) is 1.18. The molecule has 0 amide bonds. The number of rotatable bonds is 1. The van der Waals surface area contributed by atoms with Crippen molar-refractivity contribution in [3.8, 4) is 0 Å². The fourth-order valence-electron chi connectivity index (χ4n) is 1.87. The van der Waals surface area contributed by atoms with Gasteiger partial charge < -0.3 is 5.32 Å². The van der Waals surface area contributed by atoms with Gasteiger partial charge >= 0.3 is 0 Å². The van der Waals surface area contributed by atoms with Crippen molar-refractivity contribution in [1.29, 1.82) is 0 Å². The van der Waals surface area contributed by atoms with Gasteiger partial charge in [-0.05, 0) is 53.0 Å². The van der Waals surface area contributed by atoms with Gasteiger partial charge in [-0.1, -0.05) is 12.5 Å². The summed E-state index contributed by atoms with van der Waals surface area (Å²) in [4.78, 5) is 0. The number of halogens is 2. The first kappa shape index (κ1) is 10.1. The van der Waals surface area contributed by atoms with E-state index in [1.165, 1.54) is 24.5 Å². The molecule has 0 radical (unpaired) electrons. The molecule has 0 aromatic heterocycles. The SMILES string of the molecule is Fc1ccc(C2CCCCN2)cc1Br. The van der Waals surface area contributed by atoms with Crippen molar-refractivity contribution < 1.29 is 4.39 Å². The van der Waals surface area contributed by atoms with Crippen LogP contribution in [0.2, 0.25) is 0 Å². The summed E-state index contributed by atoms with van der Waals surface area (Å²) in [5, 5.41) is 3.44. The van der Waals surface area contributed by atoms with Crippen molar-refractivity contribution in [1.82, 2.24) is 5.32 Å². The van der Waals surface area contributed by atoms with Gasteiger partial charge in [0.15, 0.2) is 0 Å². The normalized spacial score (nSPS) is 22.3. The van der Waals surface area contributed by atoms with E-state index in [2.05, 4.69) is 21.2 Å². The molecule has 76 valence electrons. The molecule has 2 rings (SSSR count). The Bertz CT molecular complexity index is 321. The Morgan fingerprint density at radius 1 is 1.36 bits per heavy atom. The number of benzene rings is 1. The Labute approximate surface area is 91.8 Å². The quantitative estimate of drug-likeness (QED) is 0.814. The molecule has 1 nitrogen and oxygen atoms in total. The number of hydrogen-bond donors (Lipinski definition) is 1. The predicted octanol–water partition coefficient (Wildman–Crippen LogP) is 3.40. The maximum Gasteiger partial charge on any atom is 0.137 e. The molecular formula is C11H13BrFN. The first-order valence-corrected chi connectivity index (χ1v) is 5.75. The van der Waals surface area contributed by atoms with Crippen LogP contribution < -0.4 is 5.32 Å². The highest BCUT2D eigenvalue weighted by Gasteiger charge is 2.15. The third-order valence-electron chi connectivity index (χ3n) is 2.66. The molecule has 0 aliphatic carbocycles. The van der Waals surface area contributed by atoms with Crippen LogP contribution in [-0.2, 0) is 0 Å². The molecule has 1 saturated heterocycles. The zero-order valence-electron chi connectivity index (χ0n) is 7.89. The Morgan fingerprint density at radius 3 is 2.86 bits per heavy atom. The summed E-state index contributed by atoms with van der Waals surface area (Å²) in [6, 6.07) is 5.66. The van der Waals surface area contributed by atoms with Gasteiger partial charge in [-0.3, -0.25) is 0 Å². The minimum absolute atomic E-state index is 0.190. The molecule has 1 aromatic carbocycles. The summed E-state index contributed by atoms with van der Waals surface area (Å²) < 4.78 is 13.6. The van der Waals surface area contributed by atoms with E-state index in [9.17, 15) is 4.39 Å². The molecule has 1 aliphatic heterocycles. The molecule has 1 aromatic rings. The molecule has 1 N–H and O–H groups in total. The van der Waals surface area contributed by atoms with Crippen molar-refractivity contribution in [3.63, 3.8) is 0 Å². The van der Waals surface area contributed by atoms with E-state index in [0.717, 1.165) is 13.0 Å². The van der Waals surface area contributed by atoms with Gasteiger partial charge in [0.1, 0.15) is 5.82 Å². The minimum atomic E-state index is -0.190. The van der Waals surface area contributed by atoms with Gasteiger partial charge in [0, 0.05) is 6.04 Å². The lowest BCUT2D eigenvalue weighted by Gasteiger charge is -2.23. The van der Waals surface area contributed by atoms with E-state index in [0.29, 0.717) is 10.5 Å². The van der Waals surface area contributed by atoms with Gasteiger partial charge in [-0.25, -0.2) is 4.39 Å². The Morgan fingerprint density at radius 2 is 2.21 bits per heavy atom. The van der Waals surface area contributed by atoms with Gasteiger partial charge in [-0.15, -0.1) is 0 Å². The molecular weight excluding hydrogens is 245 g/mol. The van der Waals surface area contributed by atoms with Crippen LogP contribution in [0.5, 0.6) is 0 Å². The van der Waals surface area contributed by atoms with Crippen LogP contribution in [0, 0.1) is 5.82 Å². The van der Waals surface area contributed by atoms with Crippen LogP contribution in [0.15, 0.2) is 22.7 Å². The van der Waals surface area contributed by atoms with Crippen LogP contribution in [0.1, 0.15) is 30.9 Å². The van der Waals surface area contributed by atoms with E-state index in [1.807, 2.05) is 12.1 Å². The highest BCUT2D eigenvalue weighted by Crippen LogP contribution is 2.26. The van der Waals surface area contributed by atoms with Crippen LogP contribution in [0.25, 0.3) is 0 Å². The largest absolute Gasteiger partial charge is 0.310 e. The maximum absolute atomic E-state index is 13.0. The van der Waals surface area contributed by atoms with Crippen molar-refractivity contribution in [2.75, 3.05) is 6.54 Å². The fourth-order valence-corrected chi connectivity index (χ4v) is 2.26. The van der Waals surface area contributed by atoms with Gasteiger partial charge in [0.2, 0.25) is 0 Å². The fraction of sp³-hybridized carbons (Fsp3) is 0.455. The number of piperidine rings is 1. The van der Waals surface area contributed by atoms with E-state index < -0.39 is 0 Å². The van der Waals surface area contributed by atoms with E-state index in [1.54, 1.807) is 0 Å². The predicted molar refractivity (Wildman–Crippen MR) is 58.7 cm³/mol. The zero-order chi connectivity index (χ0) is 9.97. The van der Waals surface area contributed by atoms with Gasteiger partial charge in [0.05, 0.1) is 4.47 Å². The van der Waals surface area contributed by atoms with E-state index in [4.69, 9.17) is 0 Å². The Hall–Kier alpha value is -0.410. The highest BCUT2D eigenvalue weighted by atomic mass is 79.9. The van der Waals surface area contributed by atoms with E-state index >= 15 is 0 Å². The maximum atomic E-state index is 13.0. The molecule has 0 saturated carbocycles. The summed E-state index contributed by atoms with van der Waals surface area (Å²) in [5.74, 6) is -0.190. The van der Waals surface area contributed by atoms with E-state index in [-0.39, 0.29) is 5.82 Å². The summed E-state index contributed by atoms with van der Waals surface area (Å²) in [6.07, 6.45) is 3.66. The van der Waals surface area contributed by atoms with Crippen molar-refractivity contribution in [3.05, 3.63) is 34.1 Å². The topological polar surface area (TPSA) is 12.0 Å². The van der Waals surface area contributed by atoms with Crippen LogP contribution >= 0.6 is 15.9 Å². The Kier molecular flexibility index (Phi) is 3.19. The lowest BCUT2D eigenvalue weighted by Crippen LogP contribution is -2.26. The lowest BCUT2D eigenvalue weighted by atomic mass is 9.98. The standard InChI is InChI=1S/C11H13BrFN/c12-9-7-8(4-5-10(9)13)11-3-1-2-6-14-11/h4-5,7,11,14H,1-3,6H2. The third kappa shape index (κ3) is 2.15. The van der Waals surface area contributed by atoms with Crippen molar-refractivity contribution >= 4 is 15.9 Å². The molecule has 0 spiro atoms. The van der Waals surface area contributed by atoms with Crippen molar-refractivity contribution in [2.45, 2.75) is 25.3 Å². The molecule has 1 atom stereocenters. The molecule has 1 heterocycles. The van der Waals surface area contributed by atoms with Crippen LogP contribution in [0.3, 0.4) is 0 Å². The van der Waals surface area contributed by atoms with Gasteiger partial charge in [-0.2, -0.15) is 0 Å². The van der Waals surface area contributed by atoms with Crippen molar-refractivity contribution in [2.24, 2.45) is 0 Å². The molecule has 14 heavy (non-hydrogen) atoms. The molecule has 0 bridgehead atoms. The highest BCUT2D eigenvalue weighted by molar-refractivity contribution is 9.10. The summed E-state index contributed by atoms with van der Waals surface area (Å²) in [7, 11) is 0. The average molecular weight is 258 g/mol. The summed E-state index contributed by atoms with van der Waals surface area (Å²) in [6.45, 7) is 1.07. The van der Waals surface area contributed by atoms with Gasteiger partial charge in [0.25, 0.3) is 0 Å². The minimum Gasteiger partial charge on any atom is -0.310 e. The molecule has 1 unspecified atom stereocenters. The third-order valence-corrected chi connectivity index (χ3v) is 3.26. The number of hydrogen-bond acceptors (Lipinski definition) is 1. The Balaban J connectivity index is 2.18. The molecule has 3 heteroatoms. The molecule has 1 aliphatic rings. The lowest BCUT2D eigenvalue weighted by molar-refractivity contribution is 0.412. The smallest absolute Gasteiger partial charge is 0.137 e. The second-order valence-corrected chi connectivity index (χ2v) is 4.53.